The van der Waals surface area contributed by atoms with Gasteiger partial charge < -0.3 is 19.5 Å². The summed E-state index contributed by atoms with van der Waals surface area (Å²) in [4.78, 5) is 26.1. The topological polar surface area (TPSA) is 84.7 Å². The fourth-order valence-electron chi connectivity index (χ4n) is 2.64. The number of anilines is 1. The van der Waals surface area contributed by atoms with Gasteiger partial charge in [-0.05, 0) is 32.9 Å². The summed E-state index contributed by atoms with van der Waals surface area (Å²) < 4.78 is 10.8. The Hall–Kier alpha value is -2.83. The van der Waals surface area contributed by atoms with Gasteiger partial charge in [-0.25, -0.2) is 0 Å². The third kappa shape index (κ3) is 2.73. The van der Waals surface area contributed by atoms with Crippen LogP contribution in [0, 0.1) is 13.8 Å². The van der Waals surface area contributed by atoms with Crippen LogP contribution in [0.4, 0.5) is 5.69 Å². The van der Waals surface area contributed by atoms with Crippen molar-refractivity contribution in [2.45, 2.75) is 33.4 Å². The van der Waals surface area contributed by atoms with Gasteiger partial charge >= 0.3 is 0 Å². The Bertz CT molecular complexity index is 793. The van der Waals surface area contributed by atoms with Gasteiger partial charge in [-0.15, -0.1) is 0 Å². The molecule has 0 saturated carbocycles. The van der Waals surface area contributed by atoms with Crippen LogP contribution in [0.1, 0.15) is 34.3 Å². The number of benzene rings is 1. The number of amides is 2. The predicted molar refractivity (Wildman–Crippen MR) is 86.9 cm³/mol. The summed E-state index contributed by atoms with van der Waals surface area (Å²) in [6.07, 6.45) is -0.640. The maximum absolute atomic E-state index is 12.8. The van der Waals surface area contributed by atoms with Crippen molar-refractivity contribution in [3.8, 4) is 5.75 Å². The Labute approximate surface area is 139 Å². The minimum atomic E-state index is -0.640. The van der Waals surface area contributed by atoms with E-state index in [2.05, 4.69) is 10.5 Å². The zero-order valence-corrected chi connectivity index (χ0v) is 14.0. The van der Waals surface area contributed by atoms with Crippen molar-refractivity contribution in [3.05, 3.63) is 40.8 Å². The molecule has 0 fully saturated rings. The van der Waals surface area contributed by atoms with E-state index < -0.39 is 6.10 Å². The van der Waals surface area contributed by atoms with Crippen LogP contribution in [0.15, 0.2) is 22.7 Å². The van der Waals surface area contributed by atoms with E-state index in [9.17, 15) is 9.59 Å². The number of carbonyl (C=O) groups is 2. The Kier molecular flexibility index (Phi) is 4.01. The Morgan fingerprint density at radius 1 is 1.38 bits per heavy atom. The molecule has 0 unspecified atom stereocenters. The normalized spacial score (nSPS) is 16.2. The first-order valence-electron chi connectivity index (χ1n) is 7.66. The molecule has 0 radical (unpaired) electrons. The quantitative estimate of drug-likeness (QED) is 0.934. The molecule has 0 spiro atoms. The van der Waals surface area contributed by atoms with Gasteiger partial charge in [0.25, 0.3) is 11.8 Å². The third-order valence-corrected chi connectivity index (χ3v) is 4.09. The molecule has 0 aliphatic carbocycles. The van der Waals surface area contributed by atoms with Crippen LogP contribution >= 0.6 is 0 Å². The van der Waals surface area contributed by atoms with Gasteiger partial charge in [0.15, 0.2) is 11.9 Å². The van der Waals surface area contributed by atoms with Crippen molar-refractivity contribution >= 4 is 17.5 Å². The van der Waals surface area contributed by atoms with E-state index in [1.165, 1.54) is 0 Å². The van der Waals surface area contributed by atoms with Crippen LogP contribution in [0.5, 0.6) is 5.75 Å². The van der Waals surface area contributed by atoms with Crippen molar-refractivity contribution < 1.29 is 18.8 Å². The summed E-state index contributed by atoms with van der Waals surface area (Å²) in [6.45, 7) is 5.69. The van der Waals surface area contributed by atoms with Gasteiger partial charge in [-0.1, -0.05) is 11.2 Å². The van der Waals surface area contributed by atoms with Crippen molar-refractivity contribution in [1.82, 2.24) is 10.1 Å². The molecule has 1 atom stereocenters. The van der Waals surface area contributed by atoms with Gasteiger partial charge in [0, 0.05) is 12.6 Å². The number of fused-ring (bicyclic) bond motifs is 1. The number of rotatable bonds is 3. The second-order valence-electron chi connectivity index (χ2n) is 5.90. The van der Waals surface area contributed by atoms with E-state index >= 15 is 0 Å². The highest BCUT2D eigenvalue weighted by Crippen LogP contribution is 2.34. The Morgan fingerprint density at radius 2 is 2.12 bits per heavy atom. The number of nitrogens with zero attached hydrogens (tertiary/aromatic N) is 2. The summed E-state index contributed by atoms with van der Waals surface area (Å²) in [5.41, 5.74) is 2.57. The number of para-hydroxylation sites is 1. The fraction of sp³-hybridized carbons (Fsp3) is 0.353. The summed E-state index contributed by atoms with van der Waals surface area (Å²) >= 11 is 0. The highest BCUT2D eigenvalue weighted by molar-refractivity contribution is 6.03. The first kappa shape index (κ1) is 16.0. The minimum Gasteiger partial charge on any atom is -0.478 e. The molecule has 126 valence electrons. The lowest BCUT2D eigenvalue weighted by atomic mass is 10.1. The summed E-state index contributed by atoms with van der Waals surface area (Å²) in [5.74, 6) is 0.672. The number of hydrogen-bond acceptors (Lipinski definition) is 5. The van der Waals surface area contributed by atoms with Gasteiger partial charge in [-0.2, -0.15) is 0 Å². The molecule has 1 aliphatic rings. The second-order valence-corrected chi connectivity index (χ2v) is 5.90. The lowest BCUT2D eigenvalue weighted by molar-refractivity contribution is -0.122. The molecule has 1 aromatic carbocycles. The lowest BCUT2D eigenvalue weighted by Gasteiger charge is -2.26. The lowest BCUT2D eigenvalue weighted by Crippen LogP contribution is -2.36. The molecule has 1 aliphatic heterocycles. The maximum Gasteiger partial charge on any atom is 0.265 e. The number of aryl methyl sites for hydroxylation is 2. The van der Waals surface area contributed by atoms with Crippen LogP contribution in [0.25, 0.3) is 0 Å². The minimum absolute atomic E-state index is 0.199. The van der Waals surface area contributed by atoms with E-state index in [1.807, 2.05) is 13.8 Å². The van der Waals surface area contributed by atoms with Crippen LogP contribution in [-0.2, 0) is 11.3 Å². The van der Waals surface area contributed by atoms with Crippen molar-refractivity contribution in [2.75, 3.05) is 12.4 Å². The Balaban J connectivity index is 1.88. The molecule has 1 N–H and O–H groups in total. The van der Waals surface area contributed by atoms with Crippen LogP contribution in [-0.4, -0.2) is 35.0 Å². The first-order chi connectivity index (χ1) is 11.4. The van der Waals surface area contributed by atoms with E-state index in [-0.39, 0.29) is 11.8 Å². The largest absolute Gasteiger partial charge is 0.478 e. The van der Waals surface area contributed by atoms with Crippen LogP contribution in [0.2, 0.25) is 0 Å². The standard InChI is InChI=1S/C17H19N3O4/c1-9-13(10(2)24-19-9)8-20(4)17(22)12-6-5-7-14-15(12)23-11(3)16(21)18-14/h5-7,11H,8H2,1-4H3,(H,18,21)/t11-/m1/s1. The molecular weight excluding hydrogens is 310 g/mol. The molecule has 7 heteroatoms. The average Bonchev–Trinajstić information content (AvgIpc) is 2.86. The highest BCUT2D eigenvalue weighted by atomic mass is 16.5. The number of aromatic nitrogens is 1. The van der Waals surface area contributed by atoms with Crippen molar-refractivity contribution in [2.24, 2.45) is 0 Å². The average molecular weight is 329 g/mol. The zero-order chi connectivity index (χ0) is 17.4. The Morgan fingerprint density at radius 3 is 2.79 bits per heavy atom. The van der Waals surface area contributed by atoms with Crippen molar-refractivity contribution in [1.29, 1.82) is 0 Å². The van der Waals surface area contributed by atoms with Gasteiger partial charge in [-0.3, -0.25) is 9.59 Å². The van der Waals surface area contributed by atoms with Gasteiger partial charge in [0.1, 0.15) is 5.76 Å². The second kappa shape index (κ2) is 5.99. The summed E-state index contributed by atoms with van der Waals surface area (Å²) in [7, 11) is 1.71. The zero-order valence-electron chi connectivity index (χ0n) is 14.0. The van der Waals surface area contributed by atoms with Gasteiger partial charge in [0.05, 0.1) is 23.5 Å². The molecule has 0 bridgehead atoms. The van der Waals surface area contributed by atoms with Crippen LogP contribution in [0.3, 0.4) is 0 Å². The van der Waals surface area contributed by atoms with E-state index in [0.29, 0.717) is 29.3 Å². The molecule has 3 rings (SSSR count). The SMILES string of the molecule is Cc1noc(C)c1CN(C)C(=O)c1cccc2c1O[C@H](C)C(=O)N2. The summed E-state index contributed by atoms with van der Waals surface area (Å²) in [6, 6.07) is 5.12. The maximum atomic E-state index is 12.8. The summed E-state index contributed by atoms with van der Waals surface area (Å²) in [5, 5.41) is 6.65. The molecular formula is C17H19N3O4. The molecule has 0 saturated heterocycles. The van der Waals surface area contributed by atoms with Crippen LogP contribution < -0.4 is 10.1 Å². The van der Waals surface area contributed by atoms with E-state index in [1.54, 1.807) is 37.1 Å². The van der Waals surface area contributed by atoms with Crippen molar-refractivity contribution in [3.63, 3.8) is 0 Å². The molecule has 2 heterocycles. The molecule has 2 amide bonds. The number of hydrogen-bond donors (Lipinski definition) is 1. The molecule has 24 heavy (non-hydrogen) atoms. The molecule has 1 aromatic heterocycles. The van der Waals surface area contributed by atoms with Gasteiger partial charge in [0.2, 0.25) is 0 Å². The highest BCUT2D eigenvalue weighted by Gasteiger charge is 2.29. The molecule has 7 nitrogen and oxygen atoms in total. The third-order valence-electron chi connectivity index (χ3n) is 4.09. The number of carbonyl (C=O) groups excluding carboxylic acids is 2. The predicted octanol–water partition coefficient (Wildman–Crippen LogP) is 2.28. The number of nitrogens with one attached hydrogen (secondary N) is 1. The smallest absolute Gasteiger partial charge is 0.265 e. The first-order valence-corrected chi connectivity index (χ1v) is 7.66. The fourth-order valence-corrected chi connectivity index (χ4v) is 2.64. The van der Waals surface area contributed by atoms with E-state index in [4.69, 9.17) is 9.26 Å². The van der Waals surface area contributed by atoms with E-state index in [0.717, 1.165) is 11.3 Å². The monoisotopic (exact) mass is 329 g/mol. The molecule has 2 aromatic rings. The number of ether oxygens (including phenoxy) is 1.